The van der Waals surface area contributed by atoms with Crippen molar-refractivity contribution in [3.8, 4) is 0 Å². The Labute approximate surface area is 148 Å². The smallest absolute Gasteiger partial charge is 0.272 e. The molecule has 8 heteroatoms. The maximum Gasteiger partial charge on any atom is 0.272 e. The summed E-state index contributed by atoms with van der Waals surface area (Å²) in [5.41, 5.74) is 10.1. The lowest BCUT2D eigenvalue weighted by Gasteiger charge is -2.38. The molecule has 1 aliphatic heterocycles. The van der Waals surface area contributed by atoms with E-state index < -0.39 is 5.91 Å². The van der Waals surface area contributed by atoms with Crippen molar-refractivity contribution in [1.29, 1.82) is 0 Å². The van der Waals surface area contributed by atoms with Gasteiger partial charge in [-0.25, -0.2) is 5.01 Å². The van der Waals surface area contributed by atoms with Crippen molar-refractivity contribution in [2.45, 2.75) is 6.54 Å². The van der Waals surface area contributed by atoms with Gasteiger partial charge in [0.15, 0.2) is 0 Å². The molecule has 0 atom stereocenters. The lowest BCUT2D eigenvalue weighted by molar-refractivity contribution is -0.119. The molecule has 3 N–H and O–H groups in total. The maximum absolute atomic E-state index is 12.4. The second-order valence-electron chi connectivity index (χ2n) is 5.30. The van der Waals surface area contributed by atoms with E-state index in [4.69, 9.17) is 28.9 Å². The summed E-state index contributed by atoms with van der Waals surface area (Å²) in [7, 11) is 0. The minimum absolute atomic E-state index is 0.238. The topological polar surface area (TPSA) is 78.7 Å². The van der Waals surface area contributed by atoms with E-state index in [1.54, 1.807) is 29.3 Å². The lowest BCUT2D eigenvalue weighted by atomic mass is 10.1. The van der Waals surface area contributed by atoms with Gasteiger partial charge in [-0.3, -0.25) is 14.6 Å². The van der Waals surface area contributed by atoms with Crippen molar-refractivity contribution >= 4 is 40.7 Å². The van der Waals surface area contributed by atoms with E-state index in [0.29, 0.717) is 27.8 Å². The van der Waals surface area contributed by atoms with Crippen molar-refractivity contribution in [2.24, 2.45) is 5.73 Å². The minimum atomic E-state index is -0.611. The Morgan fingerprint density at radius 1 is 1.12 bits per heavy atom. The summed E-state index contributed by atoms with van der Waals surface area (Å²) in [4.78, 5) is 23.7. The zero-order valence-electron chi connectivity index (χ0n) is 12.5. The molecule has 0 radical (unpaired) electrons. The van der Waals surface area contributed by atoms with Gasteiger partial charge in [-0.05, 0) is 29.8 Å². The summed E-state index contributed by atoms with van der Waals surface area (Å²) in [6.07, 6.45) is 0. The molecule has 0 unspecified atom stereocenters. The van der Waals surface area contributed by atoms with Crippen LogP contribution in [0.4, 0.5) is 5.69 Å². The van der Waals surface area contributed by atoms with Crippen molar-refractivity contribution in [2.75, 3.05) is 11.6 Å². The average Bonchev–Trinajstić information content (AvgIpc) is 2.54. The van der Waals surface area contributed by atoms with Crippen molar-refractivity contribution < 1.29 is 9.59 Å². The molecule has 24 heavy (non-hydrogen) atoms. The van der Waals surface area contributed by atoms with E-state index in [1.165, 1.54) is 5.01 Å². The molecule has 2 aromatic rings. The monoisotopic (exact) mass is 364 g/mol. The van der Waals surface area contributed by atoms with Gasteiger partial charge in [-0.15, -0.1) is 5.53 Å². The third-order valence-electron chi connectivity index (χ3n) is 3.57. The summed E-state index contributed by atoms with van der Waals surface area (Å²) in [5, 5.41) is 3.96. The molecule has 2 aromatic carbocycles. The van der Waals surface area contributed by atoms with Gasteiger partial charge in [0, 0.05) is 10.0 Å². The zero-order chi connectivity index (χ0) is 17.3. The number of carbonyl (C=O) groups is 2. The summed E-state index contributed by atoms with van der Waals surface area (Å²) >= 11 is 12.2. The van der Waals surface area contributed by atoms with Gasteiger partial charge in [0.05, 0.1) is 17.8 Å². The fraction of sp³-hybridized carbons (Fsp3) is 0.125. The standard InChI is InChI=1S/C16H14Cl2N4O2/c17-11-6-5-10(13(18)7-11)8-21-14-4-2-1-3-12(14)16(24)22(20-21)9-15(19)23/h1-7,20H,8-9H2,(H2,19,23). The molecule has 0 saturated heterocycles. The first-order chi connectivity index (χ1) is 11.5. The van der Waals surface area contributed by atoms with Crippen LogP contribution in [0.1, 0.15) is 15.9 Å². The van der Waals surface area contributed by atoms with Crippen LogP contribution < -0.4 is 16.3 Å². The molecule has 1 heterocycles. The number of fused-ring (bicyclic) bond motifs is 1. The number of nitrogens with zero attached hydrogens (tertiary/aromatic N) is 2. The highest BCUT2D eigenvalue weighted by molar-refractivity contribution is 6.35. The highest BCUT2D eigenvalue weighted by atomic mass is 35.5. The Balaban J connectivity index is 1.95. The van der Waals surface area contributed by atoms with Crippen molar-refractivity contribution in [1.82, 2.24) is 10.5 Å². The number of rotatable bonds is 4. The van der Waals surface area contributed by atoms with E-state index in [2.05, 4.69) is 5.53 Å². The number of hydrogen-bond acceptors (Lipinski definition) is 4. The van der Waals surface area contributed by atoms with Crippen molar-refractivity contribution in [3.63, 3.8) is 0 Å². The Morgan fingerprint density at radius 3 is 2.58 bits per heavy atom. The molecule has 0 spiro atoms. The number of hydrogen-bond donors (Lipinski definition) is 2. The van der Waals surface area contributed by atoms with E-state index in [9.17, 15) is 9.59 Å². The molecular formula is C16H14Cl2N4O2. The summed E-state index contributed by atoms with van der Waals surface area (Å²) in [5.74, 6) is -0.928. The molecular weight excluding hydrogens is 351 g/mol. The van der Waals surface area contributed by atoms with Crippen LogP contribution in [0.5, 0.6) is 0 Å². The molecule has 0 bridgehead atoms. The van der Waals surface area contributed by atoms with Crippen LogP contribution in [0.2, 0.25) is 10.0 Å². The molecule has 3 rings (SSSR count). The number of amides is 2. The van der Waals surface area contributed by atoms with Gasteiger partial charge >= 0.3 is 0 Å². The van der Waals surface area contributed by atoms with Crippen LogP contribution in [0.3, 0.4) is 0 Å². The summed E-state index contributed by atoms with van der Waals surface area (Å²) in [6.45, 7) is 0.133. The number of halogens is 2. The van der Waals surface area contributed by atoms with Crippen LogP contribution in [0, 0.1) is 0 Å². The second kappa shape index (κ2) is 6.68. The molecule has 0 fully saturated rings. The van der Waals surface area contributed by atoms with Crippen LogP contribution in [-0.4, -0.2) is 23.4 Å². The minimum Gasteiger partial charge on any atom is -0.368 e. The number of anilines is 1. The molecule has 0 aromatic heterocycles. The fourth-order valence-electron chi connectivity index (χ4n) is 2.48. The number of primary amides is 1. The average molecular weight is 365 g/mol. The predicted molar refractivity (Wildman–Crippen MR) is 92.5 cm³/mol. The highest BCUT2D eigenvalue weighted by Crippen LogP contribution is 2.28. The molecule has 0 saturated carbocycles. The molecule has 6 nitrogen and oxygen atoms in total. The number of nitrogens with two attached hydrogens (primary N) is 1. The number of benzene rings is 2. The van der Waals surface area contributed by atoms with Crippen LogP contribution >= 0.6 is 23.2 Å². The summed E-state index contributed by atoms with van der Waals surface area (Å²) in [6, 6.07) is 12.3. The SMILES string of the molecule is NC(=O)CN1NN(Cc2ccc(Cl)cc2Cl)c2ccccc2C1=O. The first-order valence-corrected chi connectivity index (χ1v) is 7.88. The number of hydrazine groups is 2. The van der Waals surface area contributed by atoms with Crippen LogP contribution in [0.25, 0.3) is 0 Å². The zero-order valence-corrected chi connectivity index (χ0v) is 14.0. The van der Waals surface area contributed by atoms with Crippen LogP contribution in [0.15, 0.2) is 42.5 Å². The normalized spacial score (nSPS) is 13.8. The first kappa shape index (κ1) is 16.6. The highest BCUT2D eigenvalue weighted by Gasteiger charge is 2.29. The predicted octanol–water partition coefficient (Wildman–Crippen LogP) is 2.36. The number of carbonyl (C=O) groups excluding carboxylic acids is 2. The Hall–Kier alpha value is -2.28. The third-order valence-corrected chi connectivity index (χ3v) is 4.16. The van der Waals surface area contributed by atoms with Gasteiger partial charge in [0.25, 0.3) is 5.91 Å². The summed E-state index contributed by atoms with van der Waals surface area (Å²) < 4.78 is 0. The Morgan fingerprint density at radius 2 is 1.88 bits per heavy atom. The van der Waals surface area contributed by atoms with E-state index in [0.717, 1.165) is 5.56 Å². The largest absolute Gasteiger partial charge is 0.368 e. The van der Waals surface area contributed by atoms with Gasteiger partial charge in [0.1, 0.15) is 6.54 Å². The van der Waals surface area contributed by atoms with Gasteiger partial charge in [0.2, 0.25) is 5.91 Å². The van der Waals surface area contributed by atoms with Gasteiger partial charge in [-0.1, -0.05) is 41.4 Å². The molecule has 2 amide bonds. The molecule has 124 valence electrons. The van der Waals surface area contributed by atoms with Crippen LogP contribution in [-0.2, 0) is 11.3 Å². The van der Waals surface area contributed by atoms with Crippen molar-refractivity contribution in [3.05, 3.63) is 63.6 Å². The van der Waals surface area contributed by atoms with E-state index >= 15 is 0 Å². The lowest BCUT2D eigenvalue weighted by Crippen LogP contribution is -2.58. The Bertz CT molecular complexity index is 812. The van der Waals surface area contributed by atoms with Gasteiger partial charge in [-0.2, -0.15) is 0 Å². The Kier molecular flexibility index (Phi) is 4.62. The fourth-order valence-corrected chi connectivity index (χ4v) is 2.95. The van der Waals surface area contributed by atoms with E-state index in [1.807, 2.05) is 18.2 Å². The number of nitrogens with one attached hydrogen (secondary N) is 1. The molecule has 1 aliphatic rings. The molecule has 0 aliphatic carbocycles. The third kappa shape index (κ3) is 3.31. The first-order valence-electron chi connectivity index (χ1n) is 7.12. The van der Waals surface area contributed by atoms with Gasteiger partial charge < -0.3 is 5.73 Å². The number of para-hydroxylation sites is 1. The second-order valence-corrected chi connectivity index (χ2v) is 6.14. The maximum atomic E-state index is 12.4. The van der Waals surface area contributed by atoms with E-state index in [-0.39, 0.29) is 12.5 Å². The quantitative estimate of drug-likeness (QED) is 0.872.